The Morgan fingerprint density at radius 2 is 1.93 bits per heavy atom. The molecule has 3 saturated carbocycles. The van der Waals surface area contributed by atoms with Gasteiger partial charge in [-0.2, -0.15) is 0 Å². The summed E-state index contributed by atoms with van der Waals surface area (Å²) in [6.45, 7) is 6.93. The van der Waals surface area contributed by atoms with Gasteiger partial charge in [-0.3, -0.25) is 4.79 Å². The smallest absolute Gasteiger partial charge is 0.303 e. The predicted octanol–water partition coefficient (Wildman–Crippen LogP) is 4.25. The van der Waals surface area contributed by atoms with Crippen molar-refractivity contribution in [2.24, 2.45) is 46.3 Å². The average Bonchev–Trinajstić information content (AvgIpc) is 2.91. The molecule has 4 heteroatoms. The van der Waals surface area contributed by atoms with Gasteiger partial charge in [-0.15, -0.1) is 0 Å². The van der Waals surface area contributed by atoms with Crippen LogP contribution < -0.4 is 0 Å². The zero-order valence-corrected chi connectivity index (χ0v) is 17.7. The molecule has 0 heterocycles. The van der Waals surface area contributed by atoms with Gasteiger partial charge in [-0.25, -0.2) is 0 Å². The standard InChI is InChI=1S/C24H38O4/c1-14(4-7-21(27)28)19-13-20(26)22-17-6-5-15-12-16(25)8-10-23(15,2)18(17)9-11-24(19,22)3/h9,11,14-20,22,25-26H,4-8,10,12-13H2,1-3H3,(H,27,28)/t14-,15-,16-,17-,18+,19-,20+,22-,23+,24-/m1/s1. The minimum absolute atomic E-state index is 0.0319. The van der Waals surface area contributed by atoms with Crippen LogP contribution >= 0.6 is 0 Å². The quantitative estimate of drug-likeness (QED) is 0.627. The summed E-state index contributed by atoms with van der Waals surface area (Å²) in [5.74, 6) is 1.82. The number of hydrogen-bond acceptors (Lipinski definition) is 3. The van der Waals surface area contributed by atoms with E-state index in [1.807, 2.05) is 0 Å². The number of carbonyl (C=O) groups is 1. The van der Waals surface area contributed by atoms with Crippen molar-refractivity contribution >= 4 is 5.97 Å². The molecule has 0 radical (unpaired) electrons. The summed E-state index contributed by atoms with van der Waals surface area (Å²) in [5.41, 5.74) is 0.211. The molecule has 0 spiro atoms. The van der Waals surface area contributed by atoms with E-state index < -0.39 is 5.97 Å². The van der Waals surface area contributed by atoms with Gasteiger partial charge in [-0.05, 0) is 91.3 Å². The lowest BCUT2D eigenvalue weighted by Gasteiger charge is -2.59. The molecule has 0 unspecified atom stereocenters. The Bertz CT molecular complexity index is 645. The van der Waals surface area contributed by atoms with E-state index in [1.165, 1.54) is 6.42 Å². The summed E-state index contributed by atoms with van der Waals surface area (Å²) >= 11 is 0. The van der Waals surface area contributed by atoms with Crippen molar-refractivity contribution in [3.63, 3.8) is 0 Å². The Labute approximate surface area is 169 Å². The summed E-state index contributed by atoms with van der Waals surface area (Å²) in [6, 6.07) is 0. The van der Waals surface area contributed by atoms with E-state index in [-0.39, 0.29) is 35.4 Å². The highest BCUT2D eigenvalue weighted by Crippen LogP contribution is 2.66. The minimum Gasteiger partial charge on any atom is -0.481 e. The maximum absolute atomic E-state index is 11.2. The van der Waals surface area contributed by atoms with Crippen LogP contribution in [0.2, 0.25) is 0 Å². The van der Waals surface area contributed by atoms with Crippen LogP contribution in [0.15, 0.2) is 12.2 Å². The van der Waals surface area contributed by atoms with Gasteiger partial charge in [0.25, 0.3) is 0 Å². The molecule has 0 aromatic heterocycles. The largest absolute Gasteiger partial charge is 0.481 e. The summed E-state index contributed by atoms with van der Waals surface area (Å²) < 4.78 is 0. The van der Waals surface area contributed by atoms with Crippen molar-refractivity contribution in [2.45, 2.75) is 84.3 Å². The van der Waals surface area contributed by atoms with Gasteiger partial charge in [0.1, 0.15) is 0 Å². The minimum atomic E-state index is -0.725. The van der Waals surface area contributed by atoms with Crippen LogP contribution in [-0.2, 0) is 4.79 Å². The molecule has 3 N–H and O–H groups in total. The van der Waals surface area contributed by atoms with Crippen molar-refractivity contribution < 1.29 is 20.1 Å². The van der Waals surface area contributed by atoms with Gasteiger partial charge in [0.05, 0.1) is 12.2 Å². The van der Waals surface area contributed by atoms with Crippen LogP contribution in [0.5, 0.6) is 0 Å². The molecule has 158 valence electrons. The third-order valence-corrected chi connectivity index (χ3v) is 9.63. The summed E-state index contributed by atoms with van der Waals surface area (Å²) in [5, 5.41) is 30.4. The molecule has 10 atom stereocenters. The number of rotatable bonds is 4. The van der Waals surface area contributed by atoms with Gasteiger partial charge in [-0.1, -0.05) is 32.9 Å². The van der Waals surface area contributed by atoms with E-state index in [2.05, 4.69) is 32.9 Å². The third kappa shape index (κ3) is 3.06. The molecule has 0 saturated heterocycles. The number of aliphatic hydroxyl groups is 2. The highest BCUT2D eigenvalue weighted by molar-refractivity contribution is 5.66. The van der Waals surface area contributed by atoms with E-state index in [0.29, 0.717) is 36.0 Å². The fourth-order valence-electron chi connectivity index (χ4n) is 8.12. The van der Waals surface area contributed by atoms with Crippen molar-refractivity contribution in [1.82, 2.24) is 0 Å². The van der Waals surface area contributed by atoms with Crippen molar-refractivity contribution in [3.05, 3.63) is 12.2 Å². The van der Waals surface area contributed by atoms with Crippen LogP contribution in [-0.4, -0.2) is 33.5 Å². The fraction of sp³-hybridized carbons (Fsp3) is 0.875. The first-order valence-electron chi connectivity index (χ1n) is 11.4. The zero-order valence-electron chi connectivity index (χ0n) is 17.7. The molecule has 3 fully saturated rings. The second-order valence-electron chi connectivity index (χ2n) is 11.0. The van der Waals surface area contributed by atoms with Crippen molar-refractivity contribution in [3.8, 4) is 0 Å². The lowest BCUT2D eigenvalue weighted by atomic mass is 9.46. The number of aliphatic hydroxyl groups excluding tert-OH is 2. The maximum Gasteiger partial charge on any atom is 0.303 e. The lowest BCUT2D eigenvalue weighted by molar-refractivity contribution is -0.137. The van der Waals surface area contributed by atoms with Crippen molar-refractivity contribution in [1.29, 1.82) is 0 Å². The Morgan fingerprint density at radius 3 is 2.64 bits per heavy atom. The van der Waals surface area contributed by atoms with Crippen LogP contribution in [0.1, 0.15) is 72.1 Å². The van der Waals surface area contributed by atoms with Crippen LogP contribution in [0.3, 0.4) is 0 Å². The first-order chi connectivity index (χ1) is 13.2. The normalized spacial score (nSPS) is 51.1. The number of carboxylic acid groups (broad SMARTS) is 1. The van der Waals surface area contributed by atoms with Gasteiger partial charge in [0, 0.05) is 6.42 Å². The van der Waals surface area contributed by atoms with Crippen LogP contribution in [0, 0.1) is 46.3 Å². The molecule has 4 aliphatic carbocycles. The molecular formula is C24H38O4. The number of hydrogen-bond donors (Lipinski definition) is 3. The highest BCUT2D eigenvalue weighted by Gasteiger charge is 2.61. The molecular weight excluding hydrogens is 352 g/mol. The zero-order chi connectivity index (χ0) is 20.3. The van der Waals surface area contributed by atoms with E-state index in [4.69, 9.17) is 5.11 Å². The van der Waals surface area contributed by atoms with Gasteiger partial charge in [0.15, 0.2) is 0 Å². The SMILES string of the molecule is C[C@H](CCC(=O)O)[C@H]1C[C@H](O)[C@H]2[C@@H]3CC[C@@H]4C[C@H](O)CC[C@]4(C)[C@H]3C=C[C@@]21C. The Kier molecular flexibility index (Phi) is 5.19. The topological polar surface area (TPSA) is 77.8 Å². The molecule has 28 heavy (non-hydrogen) atoms. The second kappa shape index (κ2) is 7.12. The number of aliphatic carboxylic acids is 1. The molecule has 0 aromatic carbocycles. The summed E-state index contributed by atoms with van der Waals surface area (Å²) in [4.78, 5) is 11.0. The second-order valence-corrected chi connectivity index (χ2v) is 11.0. The molecule has 0 bridgehead atoms. The number of fused-ring (bicyclic) bond motifs is 5. The fourth-order valence-corrected chi connectivity index (χ4v) is 8.12. The van der Waals surface area contributed by atoms with Gasteiger partial charge in [0.2, 0.25) is 0 Å². The van der Waals surface area contributed by atoms with E-state index in [0.717, 1.165) is 32.1 Å². The van der Waals surface area contributed by atoms with Gasteiger partial charge < -0.3 is 15.3 Å². The molecule has 4 nitrogen and oxygen atoms in total. The summed E-state index contributed by atoms with van der Waals surface area (Å²) in [7, 11) is 0. The molecule has 0 aromatic rings. The number of allylic oxidation sites excluding steroid dienone is 2. The predicted molar refractivity (Wildman–Crippen MR) is 109 cm³/mol. The first kappa shape index (κ1) is 20.4. The highest BCUT2D eigenvalue weighted by atomic mass is 16.4. The number of carboxylic acids is 1. The average molecular weight is 391 g/mol. The monoisotopic (exact) mass is 390 g/mol. The Hall–Kier alpha value is -0.870. The summed E-state index contributed by atoms with van der Waals surface area (Å²) in [6.07, 6.45) is 11.4. The van der Waals surface area contributed by atoms with Crippen molar-refractivity contribution in [2.75, 3.05) is 0 Å². The molecule has 0 amide bonds. The van der Waals surface area contributed by atoms with E-state index >= 15 is 0 Å². The third-order valence-electron chi connectivity index (χ3n) is 9.63. The molecule has 4 aliphatic rings. The van der Waals surface area contributed by atoms with Gasteiger partial charge >= 0.3 is 5.97 Å². The van der Waals surface area contributed by atoms with E-state index in [1.54, 1.807) is 0 Å². The molecule has 0 aliphatic heterocycles. The lowest BCUT2D eigenvalue weighted by Crippen LogP contribution is -2.53. The maximum atomic E-state index is 11.2. The van der Waals surface area contributed by atoms with Crippen LogP contribution in [0.25, 0.3) is 0 Å². The van der Waals surface area contributed by atoms with E-state index in [9.17, 15) is 15.0 Å². The molecule has 4 rings (SSSR count). The Morgan fingerprint density at radius 1 is 1.18 bits per heavy atom. The van der Waals surface area contributed by atoms with Crippen LogP contribution in [0.4, 0.5) is 0 Å². The first-order valence-corrected chi connectivity index (χ1v) is 11.4. The Balaban J connectivity index is 1.61.